The van der Waals surface area contributed by atoms with E-state index in [1.54, 1.807) is 30.3 Å². The molecule has 2 heterocycles. The van der Waals surface area contributed by atoms with Crippen LogP contribution >= 0.6 is 15.9 Å². The first-order chi connectivity index (χ1) is 14.3. The van der Waals surface area contributed by atoms with Crippen LogP contribution in [0.15, 0.2) is 41.1 Å². The number of benzene rings is 2. The summed E-state index contributed by atoms with van der Waals surface area (Å²) < 4.78 is 53.4. The molecule has 0 saturated carbocycles. The molecule has 1 aromatic heterocycles. The topological polar surface area (TPSA) is 99.6 Å². The van der Waals surface area contributed by atoms with Crippen LogP contribution in [0.2, 0.25) is 0 Å². The minimum atomic E-state index is -3.51. The molecule has 0 amide bonds. The third-order valence-electron chi connectivity index (χ3n) is 4.36. The minimum absolute atomic E-state index is 0.00610. The Morgan fingerprint density at radius 3 is 2.93 bits per heavy atom. The van der Waals surface area contributed by atoms with Crippen LogP contribution in [0.25, 0.3) is 10.9 Å². The first kappa shape index (κ1) is 20.8. The molecule has 4 rings (SSSR count). The van der Waals surface area contributed by atoms with Gasteiger partial charge in [-0.3, -0.25) is 4.18 Å². The van der Waals surface area contributed by atoms with Crippen molar-refractivity contribution in [2.75, 3.05) is 24.8 Å². The van der Waals surface area contributed by atoms with Crippen molar-refractivity contribution in [3.05, 3.63) is 46.9 Å². The number of nitrogens with one attached hydrogen (secondary N) is 1. The molecule has 8 nitrogen and oxygen atoms in total. The highest BCUT2D eigenvalue weighted by Crippen LogP contribution is 2.38. The molecule has 0 radical (unpaired) electrons. The third-order valence-corrected chi connectivity index (χ3v) is 5.57. The van der Waals surface area contributed by atoms with Gasteiger partial charge in [-0.25, -0.2) is 14.4 Å². The maximum atomic E-state index is 14.4. The summed E-state index contributed by atoms with van der Waals surface area (Å²) in [5.41, 5.74) is 0.860. The van der Waals surface area contributed by atoms with Crippen molar-refractivity contribution < 1.29 is 26.5 Å². The van der Waals surface area contributed by atoms with Crippen molar-refractivity contribution in [3.8, 4) is 11.5 Å². The average molecular weight is 498 g/mol. The largest absolute Gasteiger partial charge is 0.486 e. The van der Waals surface area contributed by atoms with Crippen LogP contribution in [-0.4, -0.2) is 44.0 Å². The van der Waals surface area contributed by atoms with Crippen molar-refractivity contribution in [3.63, 3.8) is 0 Å². The fourth-order valence-electron chi connectivity index (χ4n) is 2.97. The summed E-state index contributed by atoms with van der Waals surface area (Å²) in [4.78, 5) is 8.48. The van der Waals surface area contributed by atoms with E-state index in [1.165, 1.54) is 6.33 Å². The Morgan fingerprint density at radius 1 is 1.30 bits per heavy atom. The van der Waals surface area contributed by atoms with E-state index in [4.69, 9.17) is 13.7 Å². The molecule has 11 heteroatoms. The Balaban J connectivity index is 1.60. The molecule has 0 fully saturated rings. The molecule has 158 valence electrons. The smallest absolute Gasteiger partial charge is 0.264 e. The van der Waals surface area contributed by atoms with Crippen LogP contribution in [0.1, 0.15) is 6.42 Å². The number of hydrogen-bond donors (Lipinski definition) is 1. The molecular weight excluding hydrogens is 481 g/mol. The summed E-state index contributed by atoms with van der Waals surface area (Å²) in [6.07, 6.45) is 2.34. The molecule has 2 aromatic carbocycles. The molecule has 0 aliphatic carbocycles. The highest BCUT2D eigenvalue weighted by Gasteiger charge is 2.23. The molecule has 1 N–H and O–H groups in total. The number of aromatic nitrogens is 2. The van der Waals surface area contributed by atoms with Gasteiger partial charge in [-0.05, 0) is 34.1 Å². The number of rotatable bonds is 6. The van der Waals surface area contributed by atoms with Crippen molar-refractivity contribution >= 4 is 48.5 Å². The van der Waals surface area contributed by atoms with Crippen molar-refractivity contribution in [2.24, 2.45) is 0 Å². The number of anilines is 2. The van der Waals surface area contributed by atoms with E-state index in [0.717, 1.165) is 6.26 Å². The van der Waals surface area contributed by atoms with Crippen LogP contribution in [-0.2, 0) is 14.3 Å². The number of ether oxygens (including phenoxy) is 2. The Kier molecular flexibility index (Phi) is 5.76. The second kappa shape index (κ2) is 8.32. The maximum absolute atomic E-state index is 14.4. The highest BCUT2D eigenvalue weighted by atomic mass is 79.9. The molecule has 1 aliphatic heterocycles. The summed E-state index contributed by atoms with van der Waals surface area (Å²) in [5.74, 6) is 0.949. The van der Waals surface area contributed by atoms with Gasteiger partial charge < -0.3 is 14.8 Å². The Labute approximate surface area is 180 Å². The Bertz CT molecular complexity index is 1210. The van der Waals surface area contributed by atoms with Crippen LogP contribution in [0.5, 0.6) is 11.5 Å². The van der Waals surface area contributed by atoms with Gasteiger partial charge >= 0.3 is 0 Å². The lowest BCUT2D eigenvalue weighted by molar-refractivity contribution is 0.0746. The molecule has 1 unspecified atom stereocenters. The summed E-state index contributed by atoms with van der Waals surface area (Å²) in [5, 5.41) is 3.60. The van der Waals surface area contributed by atoms with E-state index < -0.39 is 15.9 Å². The van der Waals surface area contributed by atoms with Gasteiger partial charge in [0.15, 0.2) is 17.3 Å². The molecular formula is C19H17BrFN3O5S. The zero-order chi connectivity index (χ0) is 21.3. The summed E-state index contributed by atoms with van der Waals surface area (Å²) in [7, 11) is -3.51. The minimum Gasteiger partial charge on any atom is -0.486 e. The SMILES string of the molecule is CS(=O)(=O)OCCC1COc2cc3ncnc(Nc4cccc(Br)c4F)c3cc2O1. The third kappa shape index (κ3) is 4.63. The van der Waals surface area contributed by atoms with Crippen LogP contribution in [0.3, 0.4) is 0 Å². The quantitative estimate of drug-likeness (QED) is 0.513. The molecule has 30 heavy (non-hydrogen) atoms. The fourth-order valence-corrected chi connectivity index (χ4v) is 3.73. The number of hydrogen-bond acceptors (Lipinski definition) is 8. The van der Waals surface area contributed by atoms with E-state index in [-0.39, 0.29) is 25.0 Å². The van der Waals surface area contributed by atoms with Gasteiger partial charge in [0, 0.05) is 17.9 Å². The second-order valence-corrected chi connectivity index (χ2v) is 9.13. The van der Waals surface area contributed by atoms with E-state index >= 15 is 0 Å². The fraction of sp³-hybridized carbons (Fsp3) is 0.263. The van der Waals surface area contributed by atoms with Crippen LogP contribution < -0.4 is 14.8 Å². The van der Waals surface area contributed by atoms with Crippen molar-refractivity contribution in [1.29, 1.82) is 0 Å². The van der Waals surface area contributed by atoms with Gasteiger partial charge in [-0.15, -0.1) is 0 Å². The standard InChI is InChI=1S/C19H17BrFN3O5S/c1-30(25,26)28-6-5-11-9-27-16-8-15-12(7-17(16)29-11)19(23-10-22-15)24-14-4-2-3-13(20)18(14)21/h2-4,7-8,10-11H,5-6,9H2,1H3,(H,22,23,24). The summed E-state index contributed by atoms with van der Waals surface area (Å²) in [6, 6.07) is 8.35. The predicted molar refractivity (Wildman–Crippen MR) is 112 cm³/mol. The lowest BCUT2D eigenvalue weighted by Crippen LogP contribution is -2.30. The van der Waals surface area contributed by atoms with Gasteiger partial charge in [0.2, 0.25) is 0 Å². The van der Waals surface area contributed by atoms with Crippen LogP contribution in [0, 0.1) is 5.82 Å². The lowest BCUT2D eigenvalue weighted by Gasteiger charge is -2.26. The molecule has 1 atom stereocenters. The number of halogens is 2. The summed E-state index contributed by atoms with van der Waals surface area (Å²) in [6.45, 7) is 0.249. The first-order valence-corrected chi connectivity index (χ1v) is 11.5. The van der Waals surface area contributed by atoms with Crippen LogP contribution in [0.4, 0.5) is 15.9 Å². The van der Waals surface area contributed by atoms with E-state index in [0.29, 0.717) is 39.1 Å². The molecule has 0 saturated heterocycles. The zero-order valence-corrected chi connectivity index (χ0v) is 18.2. The van der Waals surface area contributed by atoms with Gasteiger partial charge in [0.1, 0.15) is 24.9 Å². The monoisotopic (exact) mass is 497 g/mol. The normalized spacial score (nSPS) is 15.9. The maximum Gasteiger partial charge on any atom is 0.264 e. The number of fused-ring (bicyclic) bond motifs is 2. The lowest BCUT2D eigenvalue weighted by atomic mass is 10.1. The molecule has 1 aliphatic rings. The first-order valence-electron chi connectivity index (χ1n) is 8.94. The van der Waals surface area contributed by atoms with Gasteiger partial charge in [-0.1, -0.05) is 6.07 Å². The van der Waals surface area contributed by atoms with E-state index in [2.05, 4.69) is 31.2 Å². The zero-order valence-electron chi connectivity index (χ0n) is 15.8. The highest BCUT2D eigenvalue weighted by molar-refractivity contribution is 9.10. The Morgan fingerprint density at radius 2 is 2.13 bits per heavy atom. The molecule has 0 bridgehead atoms. The summed E-state index contributed by atoms with van der Waals surface area (Å²) >= 11 is 3.17. The molecule has 0 spiro atoms. The van der Waals surface area contributed by atoms with Gasteiger partial charge in [-0.2, -0.15) is 8.42 Å². The predicted octanol–water partition coefficient (Wildman–Crippen LogP) is 3.78. The van der Waals surface area contributed by atoms with Crippen molar-refractivity contribution in [2.45, 2.75) is 12.5 Å². The van der Waals surface area contributed by atoms with E-state index in [1.807, 2.05) is 0 Å². The van der Waals surface area contributed by atoms with Crippen molar-refractivity contribution in [1.82, 2.24) is 9.97 Å². The molecule has 3 aromatic rings. The van der Waals surface area contributed by atoms with Gasteiger partial charge in [0.05, 0.1) is 28.5 Å². The second-order valence-electron chi connectivity index (χ2n) is 6.63. The van der Waals surface area contributed by atoms with E-state index in [9.17, 15) is 12.8 Å². The van der Waals surface area contributed by atoms with Gasteiger partial charge in [0.25, 0.3) is 10.1 Å². The average Bonchev–Trinajstić information content (AvgIpc) is 2.69. The Hall–Kier alpha value is -2.50. The number of nitrogens with zero attached hydrogens (tertiary/aromatic N) is 2.